The molecule has 3 atom stereocenters. The molecule has 0 saturated carbocycles. The first kappa shape index (κ1) is 22.4. The summed E-state index contributed by atoms with van der Waals surface area (Å²) in [6, 6.07) is -0.165. The van der Waals surface area contributed by atoms with Crippen molar-refractivity contribution in [3.8, 4) is 0 Å². The number of hydrogen-bond acceptors (Lipinski definition) is 4. The first-order chi connectivity index (χ1) is 11.6. The van der Waals surface area contributed by atoms with Crippen molar-refractivity contribution in [3.63, 3.8) is 0 Å². The number of aliphatic hydroxyl groups excluding tert-OH is 1. The molecule has 0 amide bonds. The van der Waals surface area contributed by atoms with Gasteiger partial charge in [-0.2, -0.15) is 0 Å². The van der Waals surface area contributed by atoms with Crippen molar-refractivity contribution in [3.05, 3.63) is 16.6 Å². The minimum Gasteiger partial charge on any atom is -0.461 e. The first-order valence-corrected chi connectivity index (χ1v) is 12.0. The van der Waals surface area contributed by atoms with Gasteiger partial charge in [0, 0.05) is 15.0 Å². The summed E-state index contributed by atoms with van der Waals surface area (Å²) < 4.78 is 7.34. The Morgan fingerprint density at radius 3 is 2.32 bits per heavy atom. The largest absolute Gasteiger partial charge is 0.461 e. The number of aliphatic hydroxyl groups is 1. The van der Waals surface area contributed by atoms with Gasteiger partial charge in [0.1, 0.15) is 0 Å². The number of halogens is 1. The SMILES string of the molecule is CCOC(=O)c1cn(C(C)C(O)CC(C)[SiH](C(C)C)C(C)C)c(Br)n1. The van der Waals surface area contributed by atoms with Crippen LogP contribution in [0.3, 0.4) is 0 Å². The number of carbonyl (C=O) groups excluding carboxylic acids is 1. The fourth-order valence-electron chi connectivity index (χ4n) is 3.96. The molecule has 1 heterocycles. The Morgan fingerprint density at radius 2 is 1.84 bits per heavy atom. The van der Waals surface area contributed by atoms with E-state index in [2.05, 4.69) is 55.5 Å². The summed E-state index contributed by atoms with van der Waals surface area (Å²) in [4.78, 5) is 16.0. The second-order valence-electron chi connectivity index (χ2n) is 7.61. The van der Waals surface area contributed by atoms with E-state index in [1.807, 2.05) is 11.5 Å². The molecule has 1 aromatic rings. The predicted molar refractivity (Wildman–Crippen MR) is 108 cm³/mol. The van der Waals surface area contributed by atoms with E-state index in [9.17, 15) is 9.90 Å². The van der Waals surface area contributed by atoms with Crippen LogP contribution in [-0.4, -0.2) is 42.1 Å². The van der Waals surface area contributed by atoms with Gasteiger partial charge in [0.2, 0.25) is 0 Å². The fraction of sp³-hybridized carbons (Fsp3) is 0.778. The van der Waals surface area contributed by atoms with Gasteiger partial charge in [0.25, 0.3) is 0 Å². The number of hydrogen-bond donors (Lipinski definition) is 1. The Hall–Kier alpha value is -0.663. The van der Waals surface area contributed by atoms with Gasteiger partial charge in [0.05, 0.1) is 18.8 Å². The van der Waals surface area contributed by atoms with Crippen LogP contribution >= 0.6 is 15.9 Å². The average molecular weight is 433 g/mol. The van der Waals surface area contributed by atoms with E-state index in [0.717, 1.165) is 6.42 Å². The summed E-state index contributed by atoms with van der Waals surface area (Å²) in [7, 11) is -0.969. The Labute approximate surface area is 161 Å². The molecule has 7 heteroatoms. The quantitative estimate of drug-likeness (QED) is 0.458. The molecule has 5 nitrogen and oxygen atoms in total. The molecule has 0 radical (unpaired) electrons. The molecule has 1 N–H and O–H groups in total. The normalized spacial score (nSPS) is 15.7. The van der Waals surface area contributed by atoms with Crippen molar-refractivity contribution in [2.24, 2.45) is 0 Å². The third-order valence-electron chi connectivity index (χ3n) is 4.98. The third-order valence-corrected chi connectivity index (χ3v) is 10.2. The van der Waals surface area contributed by atoms with Crippen LogP contribution in [0.4, 0.5) is 0 Å². The standard InChI is InChI=1S/C18H33BrN2O3Si/c1-8-24-17(23)15-10-21(18(19)20-15)14(7)16(22)9-13(6)25(11(2)3)12(4)5/h10-14,16,22,25H,8-9H2,1-7H3. The molecule has 3 unspecified atom stereocenters. The molecule has 0 spiro atoms. The monoisotopic (exact) mass is 432 g/mol. The van der Waals surface area contributed by atoms with E-state index in [4.69, 9.17) is 4.74 Å². The molecule has 0 aliphatic carbocycles. The van der Waals surface area contributed by atoms with E-state index in [0.29, 0.717) is 28.0 Å². The van der Waals surface area contributed by atoms with Gasteiger partial charge in [0.15, 0.2) is 10.4 Å². The van der Waals surface area contributed by atoms with E-state index < -0.39 is 20.9 Å². The number of nitrogens with zero attached hydrogens (tertiary/aromatic N) is 2. The molecule has 0 aliphatic rings. The molecular formula is C18H33BrN2O3Si. The van der Waals surface area contributed by atoms with Crippen LogP contribution in [-0.2, 0) is 4.74 Å². The zero-order valence-corrected chi connectivity index (χ0v) is 19.2. The summed E-state index contributed by atoms with van der Waals surface area (Å²) in [5.74, 6) is -0.441. The van der Waals surface area contributed by atoms with Gasteiger partial charge in [-0.05, 0) is 41.7 Å². The van der Waals surface area contributed by atoms with Gasteiger partial charge in [-0.1, -0.05) is 45.7 Å². The number of ether oxygens (including phenoxy) is 1. The van der Waals surface area contributed by atoms with Gasteiger partial charge >= 0.3 is 5.97 Å². The van der Waals surface area contributed by atoms with Crippen LogP contribution in [0.25, 0.3) is 0 Å². The van der Waals surface area contributed by atoms with Crippen molar-refractivity contribution >= 4 is 30.7 Å². The van der Waals surface area contributed by atoms with E-state index in [1.165, 1.54) is 0 Å². The molecule has 1 aromatic heterocycles. The van der Waals surface area contributed by atoms with Crippen LogP contribution in [0.5, 0.6) is 0 Å². The maximum Gasteiger partial charge on any atom is 0.358 e. The highest BCUT2D eigenvalue weighted by molar-refractivity contribution is 9.10. The second kappa shape index (κ2) is 9.88. The highest BCUT2D eigenvalue weighted by atomic mass is 79.9. The maximum atomic E-state index is 11.8. The summed E-state index contributed by atoms with van der Waals surface area (Å²) in [6.45, 7) is 15.5. The van der Waals surface area contributed by atoms with E-state index in [1.54, 1.807) is 13.1 Å². The van der Waals surface area contributed by atoms with Crippen LogP contribution < -0.4 is 0 Å². The van der Waals surface area contributed by atoms with Crippen molar-refractivity contribution < 1.29 is 14.6 Å². The van der Waals surface area contributed by atoms with E-state index in [-0.39, 0.29) is 11.7 Å². The summed E-state index contributed by atoms with van der Waals surface area (Å²) in [5.41, 5.74) is 2.24. The second-order valence-corrected chi connectivity index (χ2v) is 13.3. The van der Waals surface area contributed by atoms with Crippen molar-refractivity contribution in [1.29, 1.82) is 0 Å². The lowest BCUT2D eigenvalue weighted by Crippen LogP contribution is -2.31. The Bertz CT molecular complexity index is 555. The molecule has 25 heavy (non-hydrogen) atoms. The Kier molecular flexibility index (Phi) is 8.84. The number of imidazole rings is 1. The molecule has 1 rings (SSSR count). The summed E-state index contributed by atoms with van der Waals surface area (Å²) in [5, 5.41) is 10.8. The van der Waals surface area contributed by atoms with E-state index >= 15 is 0 Å². The maximum absolute atomic E-state index is 11.8. The third kappa shape index (κ3) is 5.93. The van der Waals surface area contributed by atoms with Gasteiger partial charge < -0.3 is 14.4 Å². The van der Waals surface area contributed by atoms with Crippen LogP contribution in [0.1, 0.15) is 71.4 Å². The predicted octanol–water partition coefficient (Wildman–Crippen LogP) is 4.57. The highest BCUT2D eigenvalue weighted by Crippen LogP contribution is 2.35. The summed E-state index contributed by atoms with van der Waals surface area (Å²) in [6.07, 6.45) is 1.94. The fourth-order valence-corrected chi connectivity index (χ4v) is 9.34. The molecule has 144 valence electrons. The minimum atomic E-state index is -0.969. The lowest BCUT2D eigenvalue weighted by molar-refractivity contribution is 0.0519. The molecule has 0 aliphatic heterocycles. The van der Waals surface area contributed by atoms with Gasteiger partial charge in [-0.3, -0.25) is 0 Å². The van der Waals surface area contributed by atoms with Gasteiger partial charge in [-0.15, -0.1) is 0 Å². The lowest BCUT2D eigenvalue weighted by Gasteiger charge is -2.32. The first-order valence-electron chi connectivity index (χ1n) is 9.19. The molecular weight excluding hydrogens is 400 g/mol. The molecule has 0 saturated heterocycles. The van der Waals surface area contributed by atoms with Crippen LogP contribution in [0.2, 0.25) is 16.6 Å². The van der Waals surface area contributed by atoms with Crippen molar-refractivity contribution in [1.82, 2.24) is 9.55 Å². The summed E-state index contributed by atoms with van der Waals surface area (Å²) >= 11 is 3.39. The lowest BCUT2D eigenvalue weighted by atomic mass is 10.1. The molecule has 0 bridgehead atoms. The number of carbonyl (C=O) groups is 1. The van der Waals surface area contributed by atoms with Crippen molar-refractivity contribution in [2.45, 2.75) is 83.7 Å². The highest BCUT2D eigenvalue weighted by Gasteiger charge is 2.30. The van der Waals surface area contributed by atoms with Crippen LogP contribution in [0.15, 0.2) is 10.9 Å². The van der Waals surface area contributed by atoms with Crippen molar-refractivity contribution in [2.75, 3.05) is 6.61 Å². The Balaban J connectivity index is 2.85. The smallest absolute Gasteiger partial charge is 0.358 e. The number of aromatic nitrogens is 2. The van der Waals surface area contributed by atoms with Crippen LogP contribution in [0, 0.1) is 0 Å². The van der Waals surface area contributed by atoms with Gasteiger partial charge in [-0.25, -0.2) is 9.78 Å². The molecule has 0 fully saturated rings. The minimum absolute atomic E-state index is 0.165. The average Bonchev–Trinajstić information content (AvgIpc) is 2.87. The topological polar surface area (TPSA) is 64.3 Å². The molecule has 0 aromatic carbocycles. The Morgan fingerprint density at radius 1 is 1.28 bits per heavy atom. The number of rotatable bonds is 9. The zero-order valence-electron chi connectivity index (χ0n) is 16.5. The zero-order chi connectivity index (χ0) is 19.3. The number of esters is 1.